The van der Waals surface area contributed by atoms with Crippen LogP contribution >= 0.6 is 24.8 Å². The van der Waals surface area contributed by atoms with E-state index in [0.29, 0.717) is 0 Å². The molecule has 6 rings (SSSR count). The van der Waals surface area contributed by atoms with Crippen LogP contribution in [-0.2, 0) is 29.8 Å². The summed E-state index contributed by atoms with van der Waals surface area (Å²) in [6, 6.07) is 34.5. The molecule has 6 aromatic rings. The predicted octanol–water partition coefficient (Wildman–Crippen LogP) is 9.56. The van der Waals surface area contributed by atoms with E-state index in [-0.39, 0.29) is 39.7 Å². The molecule has 5 aromatic carbocycles. The zero-order valence-corrected chi connectivity index (χ0v) is 26.9. The molecular formula is C32H33Cl2NSiZr-4. The maximum absolute atomic E-state index is 4.59. The SMILES string of the molecule is CCc1cc2c(-c3cccc4cccnc34)cccc2[cH-]1.Cc1cc2ccccc2[cH-]1.Cl.Cl.[CH3-].[CH3-].[Si]=[Zr]. The van der Waals surface area contributed by atoms with Crippen molar-refractivity contribution in [3.8, 4) is 11.1 Å². The van der Waals surface area contributed by atoms with Crippen LogP contribution in [0.25, 0.3) is 43.6 Å². The number of hydrogen-bond acceptors (Lipinski definition) is 1. The summed E-state index contributed by atoms with van der Waals surface area (Å²) in [4.78, 5) is 4.59. The second kappa shape index (κ2) is 16.7. The third-order valence-corrected chi connectivity index (χ3v) is 5.90. The van der Waals surface area contributed by atoms with E-state index >= 15 is 0 Å². The number of hydrogen-bond donors (Lipinski definition) is 0. The Morgan fingerprint density at radius 2 is 1.35 bits per heavy atom. The predicted molar refractivity (Wildman–Crippen MR) is 167 cm³/mol. The first-order valence-electron chi connectivity index (χ1n) is 11.1. The summed E-state index contributed by atoms with van der Waals surface area (Å²) in [5.41, 5.74) is 6.31. The van der Waals surface area contributed by atoms with Gasteiger partial charge in [-0.3, -0.25) is 4.98 Å². The van der Waals surface area contributed by atoms with Gasteiger partial charge >= 0.3 is 30.2 Å². The fourth-order valence-electron chi connectivity index (χ4n) is 4.36. The van der Waals surface area contributed by atoms with Gasteiger partial charge in [-0.25, -0.2) is 0 Å². The average Bonchev–Trinajstić information content (AvgIpc) is 3.47. The van der Waals surface area contributed by atoms with E-state index in [2.05, 4.69) is 117 Å². The molecule has 0 saturated heterocycles. The van der Waals surface area contributed by atoms with Gasteiger partial charge in [0, 0.05) is 11.6 Å². The fourth-order valence-corrected chi connectivity index (χ4v) is 4.36. The van der Waals surface area contributed by atoms with Crippen LogP contribution in [-0.4, -0.2) is 11.9 Å². The summed E-state index contributed by atoms with van der Waals surface area (Å²) in [5.74, 6) is 0. The number of para-hydroxylation sites is 1. The fraction of sp³-hybridized carbons (Fsp3) is 0.0938. The van der Waals surface area contributed by atoms with Gasteiger partial charge in [0.2, 0.25) is 0 Å². The van der Waals surface area contributed by atoms with Gasteiger partial charge in [0.15, 0.2) is 0 Å². The summed E-state index contributed by atoms with van der Waals surface area (Å²) >= 11 is 1.36. The van der Waals surface area contributed by atoms with Gasteiger partial charge in [-0.1, -0.05) is 55.8 Å². The van der Waals surface area contributed by atoms with Crippen molar-refractivity contribution in [2.75, 3.05) is 0 Å². The standard InChI is InChI=1S/C20H16N.C10H9.2CH3.2ClH.Si.Zr/c1-2-14-12-16-7-4-9-17(19(16)13-14)18-10-3-6-15-8-5-11-21-20(15)18;1-8-6-9-4-2-3-5-10(9)7-8;;;;;;/h3-13H,2H2,1H3;2-7H,1H3;2*1H3;2*1H;;/q4*-1;;;;. The number of fused-ring (bicyclic) bond motifs is 3. The number of nitrogens with zero attached hydrogens (tertiary/aromatic N) is 1. The van der Waals surface area contributed by atoms with Gasteiger partial charge in [-0.2, -0.15) is 12.1 Å². The Kier molecular flexibility index (Phi) is 15.8. The van der Waals surface area contributed by atoms with Crippen LogP contribution in [0.5, 0.6) is 0 Å². The van der Waals surface area contributed by atoms with Gasteiger partial charge in [-0.15, -0.1) is 100.0 Å². The van der Waals surface area contributed by atoms with Crippen molar-refractivity contribution >= 4 is 64.1 Å². The summed E-state index contributed by atoms with van der Waals surface area (Å²) in [6.07, 6.45) is 2.94. The van der Waals surface area contributed by atoms with Gasteiger partial charge in [0.25, 0.3) is 0 Å². The van der Waals surface area contributed by atoms with Crippen molar-refractivity contribution in [2.45, 2.75) is 20.3 Å². The van der Waals surface area contributed by atoms with Crippen molar-refractivity contribution in [2.24, 2.45) is 0 Å². The van der Waals surface area contributed by atoms with Crippen molar-refractivity contribution in [3.05, 3.63) is 129 Å². The Balaban J connectivity index is 0.000000697. The summed E-state index contributed by atoms with van der Waals surface area (Å²) < 4.78 is 0. The Morgan fingerprint density at radius 1 is 0.730 bits per heavy atom. The Labute approximate surface area is 251 Å². The van der Waals surface area contributed by atoms with Crippen LogP contribution in [0.1, 0.15) is 18.1 Å². The normalized spacial score (nSPS) is 9.32. The third-order valence-electron chi connectivity index (χ3n) is 5.90. The molecule has 0 unspecified atom stereocenters. The molecule has 192 valence electrons. The minimum absolute atomic E-state index is 0. The first-order chi connectivity index (χ1) is 16.2. The zero-order valence-electron chi connectivity index (χ0n) is 21.8. The van der Waals surface area contributed by atoms with E-state index in [1.807, 2.05) is 12.3 Å². The zero-order chi connectivity index (χ0) is 23.2. The van der Waals surface area contributed by atoms with Crippen LogP contribution in [0.4, 0.5) is 0 Å². The molecule has 0 aliphatic heterocycles. The van der Waals surface area contributed by atoms with Gasteiger partial charge in [0.1, 0.15) is 0 Å². The van der Waals surface area contributed by atoms with E-state index in [1.54, 1.807) is 0 Å². The molecule has 1 nitrogen and oxygen atoms in total. The molecule has 0 amide bonds. The monoisotopic (exact) mass is 619 g/mol. The van der Waals surface area contributed by atoms with Crippen LogP contribution in [0.3, 0.4) is 0 Å². The maximum atomic E-state index is 4.59. The number of halogens is 2. The van der Waals surface area contributed by atoms with Gasteiger partial charge < -0.3 is 14.9 Å². The van der Waals surface area contributed by atoms with E-state index in [1.165, 1.54) is 72.5 Å². The molecule has 1 heterocycles. The molecule has 2 radical (unpaired) electrons. The quantitative estimate of drug-likeness (QED) is 0.139. The van der Waals surface area contributed by atoms with Crippen molar-refractivity contribution < 1.29 is 23.3 Å². The number of aromatic nitrogens is 1. The summed E-state index contributed by atoms with van der Waals surface area (Å²) in [5, 5.41) is 6.53. The van der Waals surface area contributed by atoms with Crippen LogP contribution in [0.15, 0.2) is 103 Å². The molecule has 0 N–H and O–H groups in total. The molecule has 1 aromatic heterocycles. The van der Waals surface area contributed by atoms with E-state index in [9.17, 15) is 0 Å². The van der Waals surface area contributed by atoms with E-state index in [0.717, 1.165) is 11.9 Å². The molecule has 0 bridgehead atoms. The molecule has 0 saturated carbocycles. The van der Waals surface area contributed by atoms with Gasteiger partial charge in [-0.05, 0) is 18.1 Å². The Hall–Kier alpha value is -2.03. The molecule has 0 fully saturated rings. The molecule has 37 heavy (non-hydrogen) atoms. The molecule has 0 aliphatic carbocycles. The van der Waals surface area contributed by atoms with Gasteiger partial charge in [0.05, 0.1) is 5.52 Å². The van der Waals surface area contributed by atoms with Crippen LogP contribution in [0.2, 0.25) is 0 Å². The van der Waals surface area contributed by atoms with Crippen LogP contribution in [0, 0.1) is 21.8 Å². The third kappa shape index (κ3) is 7.98. The second-order valence-corrected chi connectivity index (χ2v) is 8.07. The average molecular weight is 622 g/mol. The molecule has 0 atom stereocenters. The Bertz CT molecular complexity index is 1480. The first kappa shape index (κ1) is 35.0. The van der Waals surface area contributed by atoms with E-state index < -0.39 is 0 Å². The summed E-state index contributed by atoms with van der Waals surface area (Å²) in [6.45, 7) is 7.39. The summed E-state index contributed by atoms with van der Waals surface area (Å²) in [7, 11) is 0. The molecule has 0 aliphatic rings. The second-order valence-electron chi connectivity index (χ2n) is 8.07. The Morgan fingerprint density at radius 3 is 2.08 bits per heavy atom. The van der Waals surface area contributed by atoms with E-state index in [4.69, 9.17) is 0 Å². The molecule has 5 heteroatoms. The number of pyridine rings is 1. The van der Waals surface area contributed by atoms with Crippen molar-refractivity contribution in [1.82, 2.24) is 4.98 Å². The molecular weight excluding hydrogens is 589 g/mol. The topological polar surface area (TPSA) is 12.9 Å². The van der Waals surface area contributed by atoms with Crippen molar-refractivity contribution in [1.29, 1.82) is 0 Å². The number of rotatable bonds is 2. The van der Waals surface area contributed by atoms with Crippen LogP contribution < -0.4 is 0 Å². The minimum atomic E-state index is 0. The van der Waals surface area contributed by atoms with Crippen molar-refractivity contribution in [3.63, 3.8) is 0 Å². The number of benzene rings is 3. The number of aryl methyl sites for hydroxylation is 2. The molecule has 0 spiro atoms. The first-order valence-corrected chi connectivity index (χ1v) is 15.3.